The molecule has 1 amide bonds. The highest BCUT2D eigenvalue weighted by Gasteiger charge is 2.36. The van der Waals surface area contributed by atoms with E-state index in [9.17, 15) is 4.79 Å². The fourth-order valence-electron chi connectivity index (χ4n) is 1.74. The van der Waals surface area contributed by atoms with E-state index in [1.807, 2.05) is 0 Å². The van der Waals surface area contributed by atoms with Crippen LogP contribution in [-0.4, -0.2) is 36.0 Å². The summed E-state index contributed by atoms with van der Waals surface area (Å²) >= 11 is 0. The van der Waals surface area contributed by atoms with Gasteiger partial charge in [-0.3, -0.25) is 4.79 Å². The summed E-state index contributed by atoms with van der Waals surface area (Å²) in [7, 11) is 0. The lowest BCUT2D eigenvalue weighted by Gasteiger charge is -2.33. The Morgan fingerprint density at radius 3 is 2.82 bits per heavy atom. The van der Waals surface area contributed by atoms with Crippen LogP contribution in [0.25, 0.3) is 0 Å². The second kappa shape index (κ2) is 2.48. The van der Waals surface area contributed by atoms with E-state index in [-0.39, 0.29) is 5.91 Å². The van der Waals surface area contributed by atoms with Crippen LogP contribution in [0.5, 0.6) is 0 Å². The van der Waals surface area contributed by atoms with Gasteiger partial charge >= 0.3 is 0 Å². The number of hydrogen-bond donors (Lipinski definition) is 1. The third kappa shape index (κ3) is 1.25. The molecule has 2 rings (SSSR count). The first-order valence-electron chi connectivity index (χ1n) is 4.31. The normalized spacial score (nSPS) is 32.6. The van der Waals surface area contributed by atoms with Gasteiger partial charge in [0.1, 0.15) is 0 Å². The maximum atomic E-state index is 11.3. The van der Waals surface area contributed by atoms with E-state index in [0.29, 0.717) is 18.6 Å². The molecule has 11 heavy (non-hydrogen) atoms. The molecule has 1 heterocycles. The molecule has 0 radical (unpaired) electrons. The van der Waals surface area contributed by atoms with Crippen molar-refractivity contribution >= 4 is 5.91 Å². The van der Waals surface area contributed by atoms with Gasteiger partial charge in [0.25, 0.3) is 0 Å². The molecule has 0 aromatic carbocycles. The molecule has 2 aliphatic rings. The van der Waals surface area contributed by atoms with Crippen molar-refractivity contribution < 1.29 is 4.79 Å². The third-order valence-electron chi connectivity index (χ3n) is 2.42. The van der Waals surface area contributed by atoms with Crippen LogP contribution in [0.3, 0.4) is 0 Å². The Hall–Kier alpha value is -0.570. The summed E-state index contributed by atoms with van der Waals surface area (Å²) in [5.74, 6) is 0.284. The molecule has 0 bridgehead atoms. The summed E-state index contributed by atoms with van der Waals surface area (Å²) in [6, 6.07) is 0.989. The highest BCUT2D eigenvalue weighted by molar-refractivity contribution is 5.80. The number of nitrogens with one attached hydrogen (secondary N) is 1. The van der Waals surface area contributed by atoms with Crippen LogP contribution in [-0.2, 0) is 4.79 Å². The van der Waals surface area contributed by atoms with E-state index >= 15 is 0 Å². The van der Waals surface area contributed by atoms with E-state index in [0.717, 1.165) is 6.54 Å². The van der Waals surface area contributed by atoms with Gasteiger partial charge in [-0.25, -0.2) is 0 Å². The highest BCUT2D eigenvalue weighted by Crippen LogP contribution is 2.29. The largest absolute Gasteiger partial charge is 0.335 e. The van der Waals surface area contributed by atoms with Crippen molar-refractivity contribution in [3.05, 3.63) is 0 Å². The Kier molecular flexibility index (Phi) is 1.60. The molecule has 3 nitrogen and oxygen atoms in total. The first kappa shape index (κ1) is 7.10. The van der Waals surface area contributed by atoms with Crippen LogP contribution in [0.15, 0.2) is 0 Å². The summed E-state index contributed by atoms with van der Waals surface area (Å²) in [6.45, 7) is 3.62. The summed E-state index contributed by atoms with van der Waals surface area (Å²) < 4.78 is 0. The van der Waals surface area contributed by atoms with Crippen LogP contribution in [0.4, 0.5) is 0 Å². The first-order chi connectivity index (χ1) is 5.29. The zero-order valence-electron chi connectivity index (χ0n) is 6.84. The van der Waals surface area contributed by atoms with Crippen LogP contribution in [0.2, 0.25) is 0 Å². The number of nitrogens with zero attached hydrogens (tertiary/aromatic N) is 1. The molecule has 1 aliphatic carbocycles. The number of carbonyl (C=O) groups is 1. The molecule has 0 spiro atoms. The van der Waals surface area contributed by atoms with Gasteiger partial charge in [0.2, 0.25) is 5.91 Å². The van der Waals surface area contributed by atoms with Gasteiger partial charge < -0.3 is 10.2 Å². The maximum Gasteiger partial charge on any atom is 0.237 e. The molecular weight excluding hydrogens is 140 g/mol. The molecule has 2 fully saturated rings. The second-order valence-electron chi connectivity index (χ2n) is 3.51. The number of rotatable bonds is 1. The fourth-order valence-corrected chi connectivity index (χ4v) is 1.74. The quantitative estimate of drug-likeness (QED) is 0.575. The molecule has 0 unspecified atom stereocenters. The topological polar surface area (TPSA) is 32.3 Å². The minimum atomic E-state index is 0.284. The van der Waals surface area contributed by atoms with Crippen LogP contribution < -0.4 is 5.32 Å². The highest BCUT2D eigenvalue weighted by atomic mass is 16.2. The Balaban J connectivity index is 2.05. The molecule has 1 saturated heterocycles. The summed E-state index contributed by atoms with van der Waals surface area (Å²) in [4.78, 5) is 13.4. The summed E-state index contributed by atoms with van der Waals surface area (Å²) in [5, 5.41) is 3.11. The molecule has 1 aliphatic heterocycles. The summed E-state index contributed by atoms with van der Waals surface area (Å²) in [5.41, 5.74) is 0. The standard InChI is InChI=1S/C8H14N2O/c1-6-4-9-5-8(11)10(6)7-2-3-7/h6-7,9H,2-5H2,1H3/t6-/m1/s1. The van der Waals surface area contributed by atoms with Gasteiger partial charge in [-0.15, -0.1) is 0 Å². The van der Waals surface area contributed by atoms with E-state index in [1.54, 1.807) is 0 Å². The zero-order chi connectivity index (χ0) is 7.84. The van der Waals surface area contributed by atoms with E-state index < -0.39 is 0 Å². The fraction of sp³-hybridized carbons (Fsp3) is 0.875. The Morgan fingerprint density at radius 2 is 2.27 bits per heavy atom. The van der Waals surface area contributed by atoms with Gasteiger partial charge in [0, 0.05) is 18.6 Å². The Morgan fingerprint density at radius 1 is 1.55 bits per heavy atom. The van der Waals surface area contributed by atoms with Crippen LogP contribution in [0.1, 0.15) is 19.8 Å². The number of hydrogen-bond acceptors (Lipinski definition) is 2. The Labute approximate surface area is 66.8 Å². The van der Waals surface area contributed by atoms with Gasteiger partial charge in [-0.1, -0.05) is 0 Å². The average Bonchev–Trinajstić information content (AvgIpc) is 2.70. The second-order valence-corrected chi connectivity index (χ2v) is 3.51. The number of amides is 1. The van der Waals surface area contributed by atoms with Crippen molar-refractivity contribution in [1.29, 1.82) is 0 Å². The monoisotopic (exact) mass is 154 g/mol. The number of piperazine rings is 1. The maximum absolute atomic E-state index is 11.3. The molecule has 1 atom stereocenters. The number of carbonyl (C=O) groups excluding carboxylic acids is 1. The summed E-state index contributed by atoms with van der Waals surface area (Å²) in [6.07, 6.45) is 2.44. The predicted octanol–water partition coefficient (Wildman–Crippen LogP) is -0.0309. The minimum absolute atomic E-state index is 0.284. The van der Waals surface area contributed by atoms with E-state index in [2.05, 4.69) is 17.1 Å². The van der Waals surface area contributed by atoms with Crippen LogP contribution >= 0.6 is 0 Å². The van der Waals surface area contributed by atoms with Gasteiger partial charge in [0.05, 0.1) is 6.54 Å². The lowest BCUT2D eigenvalue weighted by molar-refractivity contribution is -0.135. The van der Waals surface area contributed by atoms with Gasteiger partial charge in [-0.05, 0) is 19.8 Å². The van der Waals surface area contributed by atoms with Crippen molar-refractivity contribution in [3.63, 3.8) is 0 Å². The molecule has 3 heteroatoms. The predicted molar refractivity (Wildman–Crippen MR) is 42.2 cm³/mol. The van der Waals surface area contributed by atoms with Crippen molar-refractivity contribution in [2.45, 2.75) is 31.8 Å². The molecule has 0 aromatic rings. The van der Waals surface area contributed by atoms with Crippen molar-refractivity contribution in [1.82, 2.24) is 10.2 Å². The van der Waals surface area contributed by atoms with Crippen molar-refractivity contribution in [2.24, 2.45) is 0 Å². The van der Waals surface area contributed by atoms with Gasteiger partial charge in [-0.2, -0.15) is 0 Å². The van der Waals surface area contributed by atoms with Crippen molar-refractivity contribution in [2.75, 3.05) is 13.1 Å². The molecule has 1 N–H and O–H groups in total. The molecule has 62 valence electrons. The smallest absolute Gasteiger partial charge is 0.237 e. The first-order valence-corrected chi connectivity index (χ1v) is 4.31. The average molecular weight is 154 g/mol. The van der Waals surface area contributed by atoms with Gasteiger partial charge in [0.15, 0.2) is 0 Å². The Bertz CT molecular complexity index is 177. The molecule has 0 aromatic heterocycles. The zero-order valence-corrected chi connectivity index (χ0v) is 6.84. The van der Waals surface area contributed by atoms with Crippen LogP contribution in [0, 0.1) is 0 Å². The minimum Gasteiger partial charge on any atom is -0.335 e. The SMILES string of the molecule is C[C@@H]1CNCC(=O)N1C1CC1. The van der Waals surface area contributed by atoms with E-state index in [1.165, 1.54) is 12.8 Å². The lowest BCUT2D eigenvalue weighted by Crippen LogP contribution is -2.54. The molecular formula is C8H14N2O. The van der Waals surface area contributed by atoms with Crippen molar-refractivity contribution in [3.8, 4) is 0 Å². The lowest BCUT2D eigenvalue weighted by atomic mass is 10.2. The molecule has 1 saturated carbocycles. The van der Waals surface area contributed by atoms with E-state index in [4.69, 9.17) is 0 Å². The third-order valence-corrected chi connectivity index (χ3v) is 2.42.